The lowest BCUT2D eigenvalue weighted by Gasteiger charge is -2.17. The van der Waals surface area contributed by atoms with Crippen molar-refractivity contribution < 1.29 is 9.47 Å². The zero-order valence-corrected chi connectivity index (χ0v) is 16.5. The Balaban J connectivity index is 2.34. The van der Waals surface area contributed by atoms with Crippen LogP contribution in [-0.2, 0) is 0 Å². The van der Waals surface area contributed by atoms with E-state index in [1.54, 1.807) is 32.5 Å². The Kier molecular flexibility index (Phi) is 5.39. The summed E-state index contributed by atoms with van der Waals surface area (Å²) >= 11 is 12.7. The van der Waals surface area contributed by atoms with Crippen LogP contribution in [0.2, 0.25) is 10.2 Å². The Bertz CT molecular complexity index is 949. The van der Waals surface area contributed by atoms with Gasteiger partial charge >= 0.3 is 0 Å². The highest BCUT2D eigenvalue weighted by atomic mass is 35.5. The van der Waals surface area contributed by atoms with E-state index in [-0.39, 0.29) is 0 Å². The van der Waals surface area contributed by atoms with E-state index in [1.807, 2.05) is 19.9 Å². The van der Waals surface area contributed by atoms with Crippen LogP contribution in [0.1, 0.15) is 12.5 Å². The van der Waals surface area contributed by atoms with Gasteiger partial charge in [-0.05, 0) is 26.0 Å². The lowest BCUT2D eigenvalue weighted by atomic mass is 10.0. The number of fused-ring (bicyclic) bond motifs is 1. The summed E-state index contributed by atoms with van der Waals surface area (Å²) in [6.45, 7) is 4.67. The molecule has 26 heavy (non-hydrogen) atoms. The van der Waals surface area contributed by atoms with E-state index in [2.05, 4.69) is 10.3 Å². The molecule has 0 bridgehead atoms. The van der Waals surface area contributed by atoms with Crippen LogP contribution in [0.25, 0.3) is 22.0 Å². The van der Waals surface area contributed by atoms with Crippen LogP contribution >= 0.6 is 23.2 Å². The Morgan fingerprint density at radius 1 is 1.08 bits per heavy atom. The van der Waals surface area contributed by atoms with Gasteiger partial charge in [-0.15, -0.1) is 0 Å². The highest BCUT2D eigenvalue weighted by Crippen LogP contribution is 2.43. The highest BCUT2D eigenvalue weighted by Gasteiger charge is 2.19. The fraction of sp³-hybridized carbons (Fsp3) is 0.263. The van der Waals surface area contributed by atoms with Crippen LogP contribution in [0.4, 0.5) is 5.82 Å². The molecular formula is C19H19Cl2N3O2. The number of halogens is 2. The summed E-state index contributed by atoms with van der Waals surface area (Å²) in [5, 5.41) is 6.00. The normalized spacial score (nSPS) is 10.8. The number of aromatic nitrogens is 2. The van der Waals surface area contributed by atoms with Gasteiger partial charge in [0.25, 0.3) is 0 Å². The average Bonchev–Trinajstić information content (AvgIpc) is 2.63. The molecule has 0 aliphatic rings. The third-order valence-electron chi connectivity index (χ3n) is 4.16. The van der Waals surface area contributed by atoms with Gasteiger partial charge in [0.15, 0.2) is 0 Å². The smallest absolute Gasteiger partial charge is 0.141 e. The minimum atomic E-state index is 0.420. The highest BCUT2D eigenvalue weighted by molar-refractivity contribution is 6.35. The van der Waals surface area contributed by atoms with Crippen LogP contribution in [0.15, 0.2) is 24.4 Å². The van der Waals surface area contributed by atoms with Crippen molar-refractivity contribution in [2.75, 3.05) is 26.1 Å². The molecule has 0 radical (unpaired) electrons. The number of pyridine rings is 2. The molecule has 0 saturated carbocycles. The number of rotatable bonds is 5. The lowest BCUT2D eigenvalue weighted by molar-refractivity contribution is 0.393. The summed E-state index contributed by atoms with van der Waals surface area (Å²) in [6.07, 6.45) is 1.73. The molecule has 136 valence electrons. The number of anilines is 1. The van der Waals surface area contributed by atoms with Gasteiger partial charge in [0.1, 0.15) is 22.5 Å². The van der Waals surface area contributed by atoms with Gasteiger partial charge in [-0.2, -0.15) is 0 Å². The Labute approximate surface area is 162 Å². The lowest BCUT2D eigenvalue weighted by Crippen LogP contribution is -2.03. The fourth-order valence-corrected chi connectivity index (χ4v) is 3.45. The Hall–Kier alpha value is -2.24. The van der Waals surface area contributed by atoms with E-state index < -0.39 is 0 Å². The number of methoxy groups -OCH3 is 2. The maximum atomic E-state index is 6.61. The average molecular weight is 392 g/mol. The molecule has 3 rings (SSSR count). The summed E-state index contributed by atoms with van der Waals surface area (Å²) in [4.78, 5) is 8.96. The number of nitrogens with zero attached hydrogens (tertiary/aromatic N) is 2. The summed E-state index contributed by atoms with van der Waals surface area (Å²) in [5.74, 6) is 1.94. The van der Waals surface area contributed by atoms with Gasteiger partial charge in [0.2, 0.25) is 0 Å². The standard InChI is InChI=1S/C19H19Cl2N3O2/c1-5-22-19-12-7-16(20)23-9-11(12)6-13(24-19)17-10(2)14(25-3)8-15(26-4)18(17)21/h6-9H,5H2,1-4H3,(H,22,24). The molecule has 1 aromatic carbocycles. The van der Waals surface area contributed by atoms with Gasteiger partial charge in [0.05, 0.1) is 24.9 Å². The van der Waals surface area contributed by atoms with Gasteiger partial charge in [-0.1, -0.05) is 23.2 Å². The summed E-state index contributed by atoms with van der Waals surface area (Å²) in [7, 11) is 3.19. The quantitative estimate of drug-likeness (QED) is 0.593. The van der Waals surface area contributed by atoms with E-state index >= 15 is 0 Å². The van der Waals surface area contributed by atoms with E-state index in [9.17, 15) is 0 Å². The first kappa shape index (κ1) is 18.5. The maximum absolute atomic E-state index is 6.61. The second-order valence-corrected chi connectivity index (χ2v) is 6.47. The molecule has 0 unspecified atom stereocenters. The van der Waals surface area contributed by atoms with Crippen molar-refractivity contribution in [3.63, 3.8) is 0 Å². The van der Waals surface area contributed by atoms with Crippen molar-refractivity contribution in [3.05, 3.63) is 40.1 Å². The van der Waals surface area contributed by atoms with E-state index in [0.29, 0.717) is 27.4 Å². The molecule has 0 fully saturated rings. The first-order chi connectivity index (χ1) is 12.5. The first-order valence-corrected chi connectivity index (χ1v) is 8.87. The number of hydrogen-bond acceptors (Lipinski definition) is 5. The Morgan fingerprint density at radius 2 is 1.81 bits per heavy atom. The van der Waals surface area contributed by atoms with Crippen molar-refractivity contribution in [1.82, 2.24) is 9.97 Å². The van der Waals surface area contributed by atoms with Gasteiger partial charge in [-0.25, -0.2) is 9.97 Å². The van der Waals surface area contributed by atoms with Crippen molar-refractivity contribution in [3.8, 4) is 22.8 Å². The zero-order valence-electron chi connectivity index (χ0n) is 15.0. The van der Waals surface area contributed by atoms with Crippen LogP contribution in [0, 0.1) is 6.92 Å². The van der Waals surface area contributed by atoms with Crippen LogP contribution in [0.5, 0.6) is 11.5 Å². The fourth-order valence-electron chi connectivity index (χ4n) is 2.92. The van der Waals surface area contributed by atoms with Crippen LogP contribution in [0.3, 0.4) is 0 Å². The second-order valence-electron chi connectivity index (χ2n) is 5.71. The van der Waals surface area contributed by atoms with E-state index in [0.717, 1.165) is 34.3 Å². The molecule has 7 heteroatoms. The van der Waals surface area contributed by atoms with Crippen molar-refractivity contribution in [2.24, 2.45) is 0 Å². The summed E-state index contributed by atoms with van der Waals surface area (Å²) in [6, 6.07) is 5.51. The monoisotopic (exact) mass is 391 g/mol. The number of ether oxygens (including phenoxy) is 2. The zero-order chi connectivity index (χ0) is 18.8. The molecule has 0 amide bonds. The molecule has 0 spiro atoms. The summed E-state index contributed by atoms with van der Waals surface area (Å²) < 4.78 is 10.9. The number of nitrogens with one attached hydrogen (secondary N) is 1. The van der Waals surface area contributed by atoms with Gasteiger partial charge < -0.3 is 14.8 Å². The molecule has 3 aromatic rings. The molecule has 0 aliphatic heterocycles. The molecule has 1 N–H and O–H groups in total. The van der Waals surface area contributed by atoms with Crippen molar-refractivity contribution >= 4 is 39.8 Å². The molecular weight excluding hydrogens is 373 g/mol. The van der Waals surface area contributed by atoms with E-state index in [4.69, 9.17) is 37.7 Å². The molecule has 0 saturated heterocycles. The largest absolute Gasteiger partial charge is 0.496 e. The third kappa shape index (κ3) is 3.24. The Morgan fingerprint density at radius 3 is 2.46 bits per heavy atom. The maximum Gasteiger partial charge on any atom is 0.141 e. The molecule has 2 aromatic heterocycles. The first-order valence-electron chi connectivity index (χ1n) is 8.11. The predicted octanol–water partition coefficient (Wildman–Crippen LogP) is 5.36. The topological polar surface area (TPSA) is 56.3 Å². The third-order valence-corrected chi connectivity index (χ3v) is 4.75. The van der Waals surface area contributed by atoms with Gasteiger partial charge in [0, 0.05) is 40.7 Å². The SMILES string of the molecule is CCNc1nc(-c2c(C)c(OC)cc(OC)c2Cl)cc2cnc(Cl)cc12. The number of hydrogen-bond donors (Lipinski definition) is 1. The second kappa shape index (κ2) is 7.56. The minimum absolute atomic E-state index is 0.420. The van der Waals surface area contributed by atoms with Crippen LogP contribution in [-0.4, -0.2) is 30.7 Å². The molecule has 5 nitrogen and oxygen atoms in total. The van der Waals surface area contributed by atoms with Crippen LogP contribution < -0.4 is 14.8 Å². The molecule has 0 atom stereocenters. The minimum Gasteiger partial charge on any atom is -0.496 e. The van der Waals surface area contributed by atoms with Gasteiger partial charge in [-0.3, -0.25) is 0 Å². The molecule has 0 aliphatic carbocycles. The van der Waals surface area contributed by atoms with E-state index in [1.165, 1.54) is 0 Å². The van der Waals surface area contributed by atoms with Crippen molar-refractivity contribution in [1.29, 1.82) is 0 Å². The molecule has 2 heterocycles. The number of benzene rings is 1. The summed E-state index contributed by atoms with van der Waals surface area (Å²) in [5.41, 5.74) is 2.35. The predicted molar refractivity (Wildman–Crippen MR) is 107 cm³/mol. The van der Waals surface area contributed by atoms with Crippen molar-refractivity contribution in [2.45, 2.75) is 13.8 Å².